The third-order valence-electron chi connectivity index (χ3n) is 7.56. The molecule has 0 bridgehead atoms. The molecule has 5 aliphatic rings. The van der Waals surface area contributed by atoms with Gasteiger partial charge >= 0.3 is 11.9 Å². The van der Waals surface area contributed by atoms with Gasteiger partial charge in [0, 0.05) is 0 Å². The van der Waals surface area contributed by atoms with Crippen LogP contribution in [0.5, 0.6) is 0 Å². The number of carbonyl (C=O) groups is 2. The lowest BCUT2D eigenvalue weighted by Gasteiger charge is -2.29. The zero-order chi connectivity index (χ0) is 19.1. The average Bonchev–Trinajstić information content (AvgIpc) is 3.63. The van der Waals surface area contributed by atoms with E-state index in [2.05, 4.69) is 0 Å². The van der Waals surface area contributed by atoms with Crippen molar-refractivity contribution in [1.82, 2.24) is 0 Å². The fourth-order valence-corrected chi connectivity index (χ4v) is 5.44. The van der Waals surface area contributed by atoms with Gasteiger partial charge in [-0.15, -0.1) is 0 Å². The molecule has 3 aliphatic carbocycles. The predicted molar refractivity (Wildman–Crippen MR) is 99.4 cm³/mol. The molecule has 156 valence electrons. The van der Waals surface area contributed by atoms with Crippen molar-refractivity contribution in [2.45, 2.75) is 88.6 Å². The minimum atomic E-state index is -0.0284. The molecule has 2 saturated heterocycles. The first-order valence-corrected chi connectivity index (χ1v) is 11.3. The van der Waals surface area contributed by atoms with Gasteiger partial charge in [0.1, 0.15) is 0 Å². The van der Waals surface area contributed by atoms with Crippen LogP contribution in [0.3, 0.4) is 0 Å². The van der Waals surface area contributed by atoms with Crippen LogP contribution in [0.25, 0.3) is 0 Å². The van der Waals surface area contributed by atoms with E-state index in [4.69, 9.17) is 18.9 Å². The molecule has 2 heterocycles. The van der Waals surface area contributed by atoms with E-state index in [0.29, 0.717) is 49.5 Å². The van der Waals surface area contributed by atoms with E-state index in [9.17, 15) is 9.59 Å². The van der Waals surface area contributed by atoms with Gasteiger partial charge in [0.15, 0.2) is 0 Å². The van der Waals surface area contributed by atoms with Gasteiger partial charge in [0.2, 0.25) is 0 Å². The summed E-state index contributed by atoms with van der Waals surface area (Å²) in [6, 6.07) is 0. The van der Waals surface area contributed by atoms with Gasteiger partial charge in [0.05, 0.1) is 49.5 Å². The normalized spacial score (nSPS) is 44.0. The van der Waals surface area contributed by atoms with E-state index in [1.54, 1.807) is 0 Å². The maximum Gasteiger partial charge on any atom is 0.309 e. The molecule has 0 unspecified atom stereocenters. The summed E-state index contributed by atoms with van der Waals surface area (Å²) < 4.78 is 22.2. The van der Waals surface area contributed by atoms with E-state index in [0.717, 1.165) is 64.2 Å². The highest BCUT2D eigenvalue weighted by Crippen LogP contribution is 2.41. The van der Waals surface area contributed by atoms with Gasteiger partial charge in [0.25, 0.3) is 0 Å². The Bertz CT molecular complexity index is 546. The van der Waals surface area contributed by atoms with Gasteiger partial charge in [-0.1, -0.05) is 0 Å². The number of epoxide rings is 2. The summed E-state index contributed by atoms with van der Waals surface area (Å²) in [5, 5.41) is 0. The summed E-state index contributed by atoms with van der Waals surface area (Å²) in [4.78, 5) is 24.6. The summed E-state index contributed by atoms with van der Waals surface area (Å²) in [5.41, 5.74) is 0. The summed E-state index contributed by atoms with van der Waals surface area (Å²) in [6.07, 6.45) is 11.2. The zero-order valence-electron chi connectivity index (χ0n) is 16.6. The van der Waals surface area contributed by atoms with Crippen LogP contribution in [0.4, 0.5) is 0 Å². The third-order valence-corrected chi connectivity index (χ3v) is 7.56. The van der Waals surface area contributed by atoms with Gasteiger partial charge in [-0.3, -0.25) is 9.59 Å². The molecular weight excluding hydrogens is 360 g/mol. The van der Waals surface area contributed by atoms with Crippen molar-refractivity contribution < 1.29 is 28.5 Å². The van der Waals surface area contributed by atoms with Crippen LogP contribution in [0, 0.1) is 23.7 Å². The maximum absolute atomic E-state index is 12.3. The molecule has 0 aromatic carbocycles. The van der Waals surface area contributed by atoms with Gasteiger partial charge < -0.3 is 18.9 Å². The monoisotopic (exact) mass is 392 g/mol. The van der Waals surface area contributed by atoms with Crippen molar-refractivity contribution in [2.24, 2.45) is 23.7 Å². The second-order valence-corrected chi connectivity index (χ2v) is 9.59. The smallest absolute Gasteiger partial charge is 0.309 e. The number of hydrogen-bond donors (Lipinski definition) is 0. The molecule has 6 atom stereocenters. The second kappa shape index (κ2) is 7.94. The fraction of sp³-hybridized carbons (Fsp3) is 0.909. The van der Waals surface area contributed by atoms with Gasteiger partial charge in [-0.2, -0.15) is 0 Å². The molecule has 0 N–H and O–H groups in total. The fourth-order valence-electron chi connectivity index (χ4n) is 5.44. The SMILES string of the molecule is O=C(OCC1CCC(COC(=O)[C@@H]2CC[C@@H]3O[C@@H]3C2)CC1)[C@@H]1CC[C@H]2O[C@H]2C1. The van der Waals surface area contributed by atoms with E-state index in [1.165, 1.54) is 0 Å². The van der Waals surface area contributed by atoms with Crippen molar-refractivity contribution in [1.29, 1.82) is 0 Å². The first-order chi connectivity index (χ1) is 13.7. The molecule has 0 spiro atoms. The van der Waals surface area contributed by atoms with Crippen molar-refractivity contribution in [3.63, 3.8) is 0 Å². The van der Waals surface area contributed by atoms with Gasteiger partial charge in [-0.25, -0.2) is 0 Å². The lowest BCUT2D eigenvalue weighted by atomic mass is 9.82. The highest BCUT2D eigenvalue weighted by atomic mass is 16.6. The van der Waals surface area contributed by atoms with E-state index in [1.807, 2.05) is 0 Å². The van der Waals surface area contributed by atoms with Crippen LogP contribution in [-0.4, -0.2) is 49.6 Å². The molecular formula is C22H32O6. The molecule has 3 saturated carbocycles. The molecule has 0 amide bonds. The molecule has 6 nitrogen and oxygen atoms in total. The van der Waals surface area contributed by atoms with Crippen LogP contribution < -0.4 is 0 Å². The Morgan fingerprint density at radius 3 is 1.43 bits per heavy atom. The topological polar surface area (TPSA) is 77.7 Å². The van der Waals surface area contributed by atoms with Crippen LogP contribution >= 0.6 is 0 Å². The molecule has 5 rings (SSSR count). The Balaban J connectivity index is 0.961. The molecule has 28 heavy (non-hydrogen) atoms. The van der Waals surface area contributed by atoms with Crippen molar-refractivity contribution in [3.05, 3.63) is 0 Å². The number of carbonyl (C=O) groups excluding carboxylic acids is 2. The van der Waals surface area contributed by atoms with Crippen LogP contribution in [-0.2, 0) is 28.5 Å². The minimum Gasteiger partial charge on any atom is -0.465 e. The molecule has 6 heteroatoms. The maximum atomic E-state index is 12.3. The number of esters is 2. The first kappa shape index (κ1) is 18.9. The molecule has 0 aromatic rings. The Morgan fingerprint density at radius 2 is 1.04 bits per heavy atom. The predicted octanol–water partition coefficient (Wildman–Crippen LogP) is 3.01. The standard InChI is InChI=1S/C22H32O6/c23-21(15-5-7-17-19(9-15)27-17)25-11-13-1-2-14(4-3-13)12-26-22(24)16-6-8-18-20(10-16)28-18/h13-20H,1-12H2/t13?,14?,15-,16-,17-,18+,19+,20-/m1/s1. The number of ether oxygens (including phenoxy) is 4. The Labute approximate surface area is 166 Å². The minimum absolute atomic E-state index is 0.0284. The van der Waals surface area contributed by atoms with Crippen molar-refractivity contribution in [3.8, 4) is 0 Å². The largest absolute Gasteiger partial charge is 0.465 e. The van der Waals surface area contributed by atoms with Crippen molar-refractivity contribution in [2.75, 3.05) is 13.2 Å². The van der Waals surface area contributed by atoms with E-state index in [-0.39, 0.29) is 23.8 Å². The van der Waals surface area contributed by atoms with Gasteiger partial charge in [-0.05, 0) is 76.0 Å². The Hall–Kier alpha value is -1.14. The highest BCUT2D eigenvalue weighted by molar-refractivity contribution is 5.73. The third kappa shape index (κ3) is 4.38. The van der Waals surface area contributed by atoms with E-state index < -0.39 is 0 Å². The number of rotatable bonds is 6. The molecule has 0 aromatic heterocycles. The number of hydrogen-bond acceptors (Lipinski definition) is 6. The van der Waals surface area contributed by atoms with Crippen molar-refractivity contribution >= 4 is 11.9 Å². The Morgan fingerprint density at radius 1 is 0.607 bits per heavy atom. The Kier molecular flexibility index (Phi) is 5.35. The first-order valence-electron chi connectivity index (χ1n) is 11.3. The molecule has 2 aliphatic heterocycles. The van der Waals surface area contributed by atoms with Crippen LogP contribution in [0.15, 0.2) is 0 Å². The summed E-state index contributed by atoms with van der Waals surface area (Å²) in [6.45, 7) is 1.09. The highest BCUT2D eigenvalue weighted by Gasteiger charge is 2.47. The lowest BCUT2D eigenvalue weighted by molar-refractivity contribution is -0.153. The van der Waals surface area contributed by atoms with Crippen LogP contribution in [0.2, 0.25) is 0 Å². The average molecular weight is 392 g/mol. The quantitative estimate of drug-likeness (QED) is 0.511. The molecule has 5 fully saturated rings. The molecule has 0 radical (unpaired) electrons. The number of fused-ring (bicyclic) bond motifs is 2. The summed E-state index contributed by atoms with van der Waals surface area (Å²) in [7, 11) is 0. The van der Waals surface area contributed by atoms with E-state index >= 15 is 0 Å². The summed E-state index contributed by atoms with van der Waals surface area (Å²) >= 11 is 0. The van der Waals surface area contributed by atoms with Crippen LogP contribution in [0.1, 0.15) is 64.2 Å². The lowest BCUT2D eigenvalue weighted by Crippen LogP contribution is -2.29. The zero-order valence-corrected chi connectivity index (χ0v) is 16.6. The summed E-state index contributed by atoms with van der Waals surface area (Å²) in [5.74, 6) is 0.920. The second-order valence-electron chi connectivity index (χ2n) is 9.59.